The van der Waals surface area contributed by atoms with E-state index in [9.17, 15) is 4.79 Å². The summed E-state index contributed by atoms with van der Waals surface area (Å²) in [4.78, 5) is 17.1. The van der Waals surface area contributed by atoms with E-state index in [4.69, 9.17) is 0 Å². The van der Waals surface area contributed by atoms with Crippen LogP contribution in [0.25, 0.3) is 10.2 Å². The van der Waals surface area contributed by atoms with E-state index in [1.807, 2.05) is 22.5 Å². The summed E-state index contributed by atoms with van der Waals surface area (Å²) in [5, 5.41) is 7.78. The zero-order valence-electron chi connectivity index (χ0n) is 10.6. The summed E-state index contributed by atoms with van der Waals surface area (Å²) in [6.07, 6.45) is 5.30. The second-order valence-corrected chi connectivity index (χ2v) is 5.48. The average molecular weight is 276 g/mol. The van der Waals surface area contributed by atoms with Crippen LogP contribution < -0.4 is 10.7 Å². The number of hydrogen-bond acceptors (Lipinski definition) is 4. The summed E-state index contributed by atoms with van der Waals surface area (Å²) < 4.78 is 0. The highest BCUT2D eigenvalue weighted by Gasteiger charge is 2.13. The van der Waals surface area contributed by atoms with Gasteiger partial charge in [0.2, 0.25) is 0 Å². The molecule has 2 N–H and O–H groups in total. The van der Waals surface area contributed by atoms with E-state index in [-0.39, 0.29) is 6.03 Å². The van der Waals surface area contributed by atoms with Crippen LogP contribution in [-0.4, -0.2) is 29.1 Å². The molecule has 5 nitrogen and oxygen atoms in total. The van der Waals surface area contributed by atoms with E-state index in [1.54, 1.807) is 6.20 Å². The molecule has 1 saturated heterocycles. The Labute approximate surface area is 115 Å². The van der Waals surface area contributed by atoms with E-state index in [1.165, 1.54) is 17.8 Å². The summed E-state index contributed by atoms with van der Waals surface area (Å²) in [6.45, 7) is 1.86. The van der Waals surface area contributed by atoms with Crippen LogP contribution in [-0.2, 0) is 0 Å². The molecule has 0 spiro atoms. The number of carbonyl (C=O) groups is 1. The number of nitrogens with zero attached hydrogens (tertiary/aromatic N) is 2. The Hall–Kier alpha value is -1.66. The van der Waals surface area contributed by atoms with Gasteiger partial charge in [-0.3, -0.25) is 5.43 Å². The van der Waals surface area contributed by atoms with Gasteiger partial charge in [0, 0.05) is 30.1 Å². The number of anilines is 1. The van der Waals surface area contributed by atoms with Crippen molar-refractivity contribution in [3.63, 3.8) is 0 Å². The monoisotopic (exact) mass is 276 g/mol. The van der Waals surface area contributed by atoms with Gasteiger partial charge < -0.3 is 5.32 Å². The number of fused-ring (bicyclic) bond motifs is 1. The lowest BCUT2D eigenvalue weighted by atomic mass is 10.2. The molecule has 0 bridgehead atoms. The van der Waals surface area contributed by atoms with E-state index in [0.29, 0.717) is 0 Å². The highest BCUT2D eigenvalue weighted by molar-refractivity contribution is 7.17. The molecule has 3 rings (SSSR count). The molecule has 2 aromatic rings. The molecule has 2 aromatic heterocycles. The molecule has 2 amide bonds. The van der Waals surface area contributed by atoms with E-state index >= 15 is 0 Å². The van der Waals surface area contributed by atoms with Crippen molar-refractivity contribution in [2.75, 3.05) is 18.4 Å². The molecule has 1 fully saturated rings. The number of carbonyl (C=O) groups excluding carboxylic acids is 1. The highest BCUT2D eigenvalue weighted by atomic mass is 32.1. The third-order valence-corrected chi connectivity index (χ3v) is 4.12. The maximum absolute atomic E-state index is 11.9. The third-order valence-electron chi connectivity index (χ3n) is 3.21. The second kappa shape index (κ2) is 5.54. The standard InChI is InChI=1S/C13H16N4OS/c18-13(16-17-7-2-1-3-8-17)15-11-9-19-12-10(11)5-4-6-14-12/h4-6,9H,1-3,7-8H2,(H2,15,16,18). The maximum Gasteiger partial charge on any atom is 0.333 e. The SMILES string of the molecule is O=C(Nc1csc2ncccc12)NN1CCCCC1. The van der Waals surface area contributed by atoms with Gasteiger partial charge in [-0.05, 0) is 25.0 Å². The maximum atomic E-state index is 11.9. The molecule has 100 valence electrons. The molecule has 19 heavy (non-hydrogen) atoms. The van der Waals surface area contributed by atoms with Gasteiger partial charge in [0.25, 0.3) is 0 Å². The number of thiophene rings is 1. The number of hydrogen-bond donors (Lipinski definition) is 2. The van der Waals surface area contributed by atoms with Crippen molar-refractivity contribution in [2.24, 2.45) is 0 Å². The first-order valence-corrected chi connectivity index (χ1v) is 7.36. The molecule has 0 atom stereocenters. The summed E-state index contributed by atoms with van der Waals surface area (Å²) in [5.41, 5.74) is 3.71. The van der Waals surface area contributed by atoms with E-state index in [2.05, 4.69) is 15.7 Å². The van der Waals surface area contributed by atoms with Gasteiger partial charge in [0.05, 0.1) is 5.69 Å². The third kappa shape index (κ3) is 2.85. The van der Waals surface area contributed by atoms with Gasteiger partial charge in [-0.1, -0.05) is 6.42 Å². The quantitative estimate of drug-likeness (QED) is 0.886. The fraction of sp³-hybridized carbons (Fsp3) is 0.385. The average Bonchev–Trinajstić information content (AvgIpc) is 2.83. The minimum Gasteiger partial charge on any atom is -0.305 e. The number of piperidine rings is 1. The lowest BCUT2D eigenvalue weighted by Gasteiger charge is -2.26. The van der Waals surface area contributed by atoms with Crippen molar-refractivity contribution in [1.82, 2.24) is 15.4 Å². The molecule has 3 heterocycles. The van der Waals surface area contributed by atoms with Gasteiger partial charge in [-0.2, -0.15) is 0 Å². The largest absolute Gasteiger partial charge is 0.333 e. The normalized spacial score (nSPS) is 16.4. The number of amides is 2. The van der Waals surface area contributed by atoms with Crippen LogP contribution in [0.15, 0.2) is 23.7 Å². The zero-order chi connectivity index (χ0) is 13.1. The van der Waals surface area contributed by atoms with Gasteiger partial charge >= 0.3 is 6.03 Å². The van der Waals surface area contributed by atoms with Crippen molar-refractivity contribution in [3.8, 4) is 0 Å². The molecule has 0 saturated carbocycles. The first kappa shape index (κ1) is 12.4. The minimum atomic E-state index is -0.176. The predicted molar refractivity (Wildman–Crippen MR) is 77.2 cm³/mol. The van der Waals surface area contributed by atoms with Crippen LogP contribution in [0.5, 0.6) is 0 Å². The Balaban J connectivity index is 1.65. The van der Waals surface area contributed by atoms with Crippen molar-refractivity contribution in [1.29, 1.82) is 0 Å². The Morgan fingerprint density at radius 1 is 1.32 bits per heavy atom. The Bertz CT molecular complexity index is 577. The first-order valence-electron chi connectivity index (χ1n) is 6.48. The number of rotatable bonds is 2. The molecule has 0 unspecified atom stereocenters. The summed E-state index contributed by atoms with van der Waals surface area (Å²) in [7, 11) is 0. The molecule has 6 heteroatoms. The van der Waals surface area contributed by atoms with Crippen LogP contribution in [0.1, 0.15) is 19.3 Å². The van der Waals surface area contributed by atoms with Crippen LogP contribution in [0, 0.1) is 0 Å². The van der Waals surface area contributed by atoms with Gasteiger partial charge in [-0.25, -0.2) is 14.8 Å². The van der Waals surface area contributed by atoms with Crippen LogP contribution in [0.4, 0.5) is 10.5 Å². The number of hydrazine groups is 1. The number of urea groups is 1. The molecule has 0 aromatic carbocycles. The fourth-order valence-corrected chi connectivity index (χ4v) is 3.11. The Morgan fingerprint density at radius 2 is 2.16 bits per heavy atom. The molecular formula is C13H16N4OS. The number of nitrogens with one attached hydrogen (secondary N) is 2. The van der Waals surface area contributed by atoms with Crippen molar-refractivity contribution in [2.45, 2.75) is 19.3 Å². The fourth-order valence-electron chi connectivity index (χ4n) is 2.26. The Morgan fingerprint density at radius 3 is 3.00 bits per heavy atom. The van der Waals surface area contributed by atoms with Crippen molar-refractivity contribution in [3.05, 3.63) is 23.7 Å². The molecular weight excluding hydrogens is 260 g/mol. The first-order chi connectivity index (χ1) is 9.33. The second-order valence-electron chi connectivity index (χ2n) is 4.62. The minimum absolute atomic E-state index is 0.176. The highest BCUT2D eigenvalue weighted by Crippen LogP contribution is 2.27. The van der Waals surface area contributed by atoms with Crippen molar-refractivity contribution < 1.29 is 4.79 Å². The van der Waals surface area contributed by atoms with Gasteiger partial charge in [0.15, 0.2) is 0 Å². The van der Waals surface area contributed by atoms with Gasteiger partial charge in [-0.15, -0.1) is 11.3 Å². The van der Waals surface area contributed by atoms with Crippen LogP contribution in [0.2, 0.25) is 0 Å². The predicted octanol–water partition coefficient (Wildman–Crippen LogP) is 2.82. The van der Waals surface area contributed by atoms with E-state index < -0.39 is 0 Å². The van der Waals surface area contributed by atoms with Gasteiger partial charge in [0.1, 0.15) is 4.83 Å². The van der Waals surface area contributed by atoms with Crippen molar-refractivity contribution >= 4 is 33.3 Å². The van der Waals surface area contributed by atoms with Crippen LogP contribution in [0.3, 0.4) is 0 Å². The smallest absolute Gasteiger partial charge is 0.305 e. The van der Waals surface area contributed by atoms with E-state index in [0.717, 1.165) is 41.8 Å². The lowest BCUT2D eigenvalue weighted by molar-refractivity contribution is 0.162. The lowest BCUT2D eigenvalue weighted by Crippen LogP contribution is -2.46. The zero-order valence-corrected chi connectivity index (χ0v) is 11.4. The molecule has 0 aliphatic carbocycles. The summed E-state index contributed by atoms with van der Waals surface area (Å²) >= 11 is 1.53. The van der Waals surface area contributed by atoms with Crippen LogP contribution >= 0.6 is 11.3 Å². The summed E-state index contributed by atoms with van der Waals surface area (Å²) in [5.74, 6) is 0. The summed E-state index contributed by atoms with van der Waals surface area (Å²) in [6, 6.07) is 3.67. The molecule has 0 radical (unpaired) electrons. The molecule has 1 aliphatic rings. The number of aromatic nitrogens is 1. The topological polar surface area (TPSA) is 57.3 Å². The number of pyridine rings is 1. The Kier molecular flexibility index (Phi) is 3.61. The molecule has 1 aliphatic heterocycles.